The van der Waals surface area contributed by atoms with Gasteiger partial charge in [0.2, 0.25) is 0 Å². The normalized spacial score (nSPS) is 11.3. The zero-order valence-corrected chi connectivity index (χ0v) is 12.7. The number of aromatic carboxylic acids is 1. The Kier molecular flexibility index (Phi) is 5.18. The van der Waals surface area contributed by atoms with E-state index in [0.717, 1.165) is 6.07 Å². The molecule has 1 aromatic carbocycles. The molecule has 1 aromatic rings. The van der Waals surface area contributed by atoms with Crippen LogP contribution in [0.4, 0.5) is 10.5 Å². The van der Waals surface area contributed by atoms with Crippen LogP contribution in [0.1, 0.15) is 38.1 Å². The van der Waals surface area contributed by atoms with Gasteiger partial charge in [-0.15, -0.1) is 0 Å². The quantitative estimate of drug-likeness (QED) is 0.627. The van der Waals surface area contributed by atoms with Crippen LogP contribution in [0.5, 0.6) is 5.75 Å². The Balaban J connectivity index is 2.74. The molecule has 0 bridgehead atoms. The number of phenols is 1. The lowest BCUT2D eigenvalue weighted by Crippen LogP contribution is -2.39. The van der Waals surface area contributed by atoms with E-state index in [1.165, 1.54) is 12.1 Å². The van der Waals surface area contributed by atoms with Crippen molar-refractivity contribution in [3.8, 4) is 5.75 Å². The van der Waals surface area contributed by atoms with Crippen molar-refractivity contribution in [2.45, 2.75) is 27.7 Å². The van der Waals surface area contributed by atoms with Crippen molar-refractivity contribution < 1.29 is 19.8 Å². The fourth-order valence-corrected chi connectivity index (χ4v) is 1.50. The summed E-state index contributed by atoms with van der Waals surface area (Å²) in [6.45, 7) is 8.70. The zero-order chi connectivity index (χ0) is 16.2. The highest BCUT2D eigenvalue weighted by Crippen LogP contribution is 2.25. The first-order valence-corrected chi connectivity index (χ1v) is 6.74. The maximum absolute atomic E-state index is 11.9. The molecule has 6 nitrogen and oxygen atoms in total. The van der Waals surface area contributed by atoms with Gasteiger partial charge in [0.05, 0.1) is 11.3 Å². The predicted octanol–water partition coefficient (Wildman–Crippen LogP) is 2.89. The summed E-state index contributed by atoms with van der Waals surface area (Å²) in [5.41, 5.74) is -0.0875. The minimum Gasteiger partial charge on any atom is -0.508 e. The van der Waals surface area contributed by atoms with Crippen LogP contribution < -0.4 is 10.6 Å². The second-order valence-electron chi connectivity index (χ2n) is 5.99. The summed E-state index contributed by atoms with van der Waals surface area (Å²) < 4.78 is 0. The summed E-state index contributed by atoms with van der Waals surface area (Å²) in [6, 6.07) is 3.29. The summed E-state index contributed by atoms with van der Waals surface area (Å²) in [4.78, 5) is 22.9. The average molecular weight is 294 g/mol. The Bertz CT molecular complexity index is 538. The smallest absolute Gasteiger partial charge is 0.337 e. The number of benzene rings is 1. The van der Waals surface area contributed by atoms with Crippen LogP contribution in [0.3, 0.4) is 0 Å². The molecular formula is C15H22N2O4. The molecule has 0 aliphatic heterocycles. The maximum Gasteiger partial charge on any atom is 0.337 e. The third-order valence-electron chi connectivity index (χ3n) is 3.75. The third kappa shape index (κ3) is 4.66. The Labute approximate surface area is 124 Å². The van der Waals surface area contributed by atoms with Crippen LogP contribution in [0.25, 0.3) is 0 Å². The van der Waals surface area contributed by atoms with E-state index in [-0.39, 0.29) is 22.4 Å². The van der Waals surface area contributed by atoms with Crippen molar-refractivity contribution in [3.63, 3.8) is 0 Å². The van der Waals surface area contributed by atoms with E-state index in [2.05, 4.69) is 24.5 Å². The molecule has 0 saturated heterocycles. The van der Waals surface area contributed by atoms with Gasteiger partial charge in [-0.1, -0.05) is 27.7 Å². The molecule has 0 spiro atoms. The van der Waals surface area contributed by atoms with Crippen LogP contribution in [0.15, 0.2) is 18.2 Å². The summed E-state index contributed by atoms with van der Waals surface area (Å²) >= 11 is 0. The molecule has 0 heterocycles. The first-order chi connectivity index (χ1) is 9.63. The van der Waals surface area contributed by atoms with Gasteiger partial charge in [0, 0.05) is 6.54 Å². The first kappa shape index (κ1) is 16.8. The SMILES string of the molecule is CC(C)C(C)(C)CNC(=O)Nc1ccc(O)cc1C(=O)O. The number of aromatic hydroxyl groups is 1. The minimum absolute atomic E-state index is 0.0675. The molecule has 0 radical (unpaired) electrons. The molecule has 21 heavy (non-hydrogen) atoms. The standard InChI is InChI=1S/C15H22N2O4/c1-9(2)15(3,4)8-16-14(21)17-12-6-5-10(18)7-11(12)13(19)20/h5-7,9,18H,8H2,1-4H3,(H,19,20)(H2,16,17,21). The molecule has 2 amide bonds. The number of rotatable bonds is 5. The number of carbonyl (C=O) groups excluding carboxylic acids is 1. The lowest BCUT2D eigenvalue weighted by molar-refractivity contribution is 0.0697. The topological polar surface area (TPSA) is 98.7 Å². The molecule has 0 fully saturated rings. The number of carboxylic acid groups (broad SMARTS) is 1. The summed E-state index contributed by atoms with van der Waals surface area (Å²) in [5.74, 6) is -0.996. The minimum atomic E-state index is -1.22. The van der Waals surface area contributed by atoms with E-state index in [9.17, 15) is 14.7 Å². The van der Waals surface area contributed by atoms with Crippen LogP contribution in [0, 0.1) is 11.3 Å². The van der Waals surface area contributed by atoms with E-state index in [1.807, 2.05) is 13.8 Å². The van der Waals surface area contributed by atoms with Crippen molar-refractivity contribution in [2.75, 3.05) is 11.9 Å². The lowest BCUT2D eigenvalue weighted by atomic mass is 9.81. The summed E-state index contributed by atoms with van der Waals surface area (Å²) in [7, 11) is 0. The second kappa shape index (κ2) is 6.47. The van der Waals surface area contributed by atoms with Crippen molar-refractivity contribution in [1.82, 2.24) is 5.32 Å². The highest BCUT2D eigenvalue weighted by atomic mass is 16.4. The molecular weight excluding hydrogens is 272 g/mol. The molecule has 116 valence electrons. The van der Waals surface area contributed by atoms with Gasteiger partial charge in [0.25, 0.3) is 0 Å². The van der Waals surface area contributed by atoms with E-state index in [4.69, 9.17) is 5.11 Å². The Hall–Kier alpha value is -2.24. The molecule has 0 unspecified atom stereocenters. The summed E-state index contributed by atoms with van der Waals surface area (Å²) in [6.07, 6.45) is 0. The van der Waals surface area contributed by atoms with Crippen LogP contribution >= 0.6 is 0 Å². The van der Waals surface area contributed by atoms with E-state index in [0.29, 0.717) is 12.5 Å². The Morgan fingerprint density at radius 3 is 2.43 bits per heavy atom. The maximum atomic E-state index is 11.9. The van der Waals surface area contributed by atoms with Crippen molar-refractivity contribution in [2.24, 2.45) is 11.3 Å². The molecule has 0 aliphatic carbocycles. The van der Waals surface area contributed by atoms with Gasteiger partial charge in [-0.3, -0.25) is 0 Å². The van der Waals surface area contributed by atoms with Crippen LogP contribution in [0.2, 0.25) is 0 Å². The van der Waals surface area contributed by atoms with E-state index in [1.54, 1.807) is 0 Å². The zero-order valence-electron chi connectivity index (χ0n) is 12.7. The number of nitrogens with one attached hydrogen (secondary N) is 2. The third-order valence-corrected chi connectivity index (χ3v) is 3.75. The van der Waals surface area contributed by atoms with Crippen molar-refractivity contribution >= 4 is 17.7 Å². The number of hydrogen-bond donors (Lipinski definition) is 4. The van der Waals surface area contributed by atoms with Gasteiger partial charge >= 0.3 is 12.0 Å². The number of amides is 2. The number of phenolic OH excluding ortho intramolecular Hbond substituents is 1. The van der Waals surface area contributed by atoms with Gasteiger partial charge < -0.3 is 20.8 Å². The number of urea groups is 1. The first-order valence-electron chi connectivity index (χ1n) is 6.74. The van der Waals surface area contributed by atoms with Gasteiger partial charge in [0.1, 0.15) is 5.75 Å². The molecule has 0 atom stereocenters. The molecule has 6 heteroatoms. The second-order valence-corrected chi connectivity index (χ2v) is 5.99. The average Bonchev–Trinajstić information content (AvgIpc) is 2.38. The van der Waals surface area contributed by atoms with E-state index < -0.39 is 12.0 Å². The molecule has 0 aliphatic rings. The highest BCUT2D eigenvalue weighted by Gasteiger charge is 2.23. The predicted molar refractivity (Wildman–Crippen MR) is 80.7 cm³/mol. The fourth-order valence-electron chi connectivity index (χ4n) is 1.50. The van der Waals surface area contributed by atoms with Gasteiger partial charge in [-0.2, -0.15) is 0 Å². The number of hydrogen-bond acceptors (Lipinski definition) is 3. The molecule has 1 rings (SSSR count). The molecule has 0 saturated carbocycles. The van der Waals surface area contributed by atoms with Gasteiger partial charge in [-0.05, 0) is 29.5 Å². The van der Waals surface area contributed by atoms with E-state index >= 15 is 0 Å². The van der Waals surface area contributed by atoms with Crippen LogP contribution in [-0.2, 0) is 0 Å². The van der Waals surface area contributed by atoms with Gasteiger partial charge in [0.15, 0.2) is 0 Å². The van der Waals surface area contributed by atoms with Crippen molar-refractivity contribution in [1.29, 1.82) is 0 Å². The Morgan fingerprint density at radius 2 is 1.90 bits per heavy atom. The monoisotopic (exact) mass is 294 g/mol. The largest absolute Gasteiger partial charge is 0.508 e. The Morgan fingerprint density at radius 1 is 1.29 bits per heavy atom. The lowest BCUT2D eigenvalue weighted by Gasteiger charge is -2.29. The molecule has 4 N–H and O–H groups in total. The van der Waals surface area contributed by atoms with Crippen LogP contribution in [-0.4, -0.2) is 28.8 Å². The number of anilines is 1. The van der Waals surface area contributed by atoms with Gasteiger partial charge in [-0.25, -0.2) is 9.59 Å². The summed E-state index contributed by atoms with van der Waals surface area (Å²) in [5, 5.41) is 23.6. The van der Waals surface area contributed by atoms with Crippen molar-refractivity contribution in [3.05, 3.63) is 23.8 Å². The number of carbonyl (C=O) groups is 2. The number of carboxylic acids is 1. The highest BCUT2D eigenvalue weighted by molar-refractivity contribution is 6.00. The molecule has 0 aromatic heterocycles. The fraction of sp³-hybridized carbons (Fsp3) is 0.467.